The zero-order chi connectivity index (χ0) is 30.1. The Kier molecular flexibility index (Phi) is 6.38. The third-order valence-electron chi connectivity index (χ3n) is 8.52. The molecule has 1 aromatic carbocycles. The number of amides is 1. The Hall–Kier alpha value is -3.98. The highest BCUT2D eigenvalue weighted by Crippen LogP contribution is 2.66. The summed E-state index contributed by atoms with van der Waals surface area (Å²) >= 11 is 0. The molecule has 0 radical (unpaired) electrons. The van der Waals surface area contributed by atoms with Crippen LogP contribution in [0.3, 0.4) is 0 Å². The lowest BCUT2D eigenvalue weighted by molar-refractivity contribution is -0.407. The molecular formula is C27H23F6N5O4. The molecule has 222 valence electrons. The number of benzene rings is 1. The number of rotatable bonds is 6. The first-order valence-corrected chi connectivity index (χ1v) is 13.0. The van der Waals surface area contributed by atoms with Crippen LogP contribution in [-0.4, -0.2) is 54.9 Å². The number of hydrogen-bond donors (Lipinski definition) is 3. The van der Waals surface area contributed by atoms with Crippen molar-refractivity contribution in [3.8, 4) is 0 Å². The van der Waals surface area contributed by atoms with E-state index in [1.54, 1.807) is 41.9 Å². The van der Waals surface area contributed by atoms with Crippen molar-refractivity contribution in [3.05, 3.63) is 76.5 Å². The molecule has 2 aliphatic carbocycles. The van der Waals surface area contributed by atoms with Crippen LogP contribution in [0.5, 0.6) is 0 Å². The predicted octanol–water partition coefficient (Wildman–Crippen LogP) is 4.43. The van der Waals surface area contributed by atoms with Crippen LogP contribution < -0.4 is 11.0 Å². The molecule has 0 aliphatic heterocycles. The number of carbonyl (C=O) groups is 1. The summed E-state index contributed by atoms with van der Waals surface area (Å²) in [7, 11) is 0. The average molecular weight is 596 g/mol. The number of fused-ring (bicyclic) bond motifs is 2. The first kappa shape index (κ1) is 28.2. The van der Waals surface area contributed by atoms with E-state index in [1.165, 1.54) is 16.8 Å². The van der Waals surface area contributed by atoms with Crippen LogP contribution in [0.1, 0.15) is 47.7 Å². The monoisotopic (exact) mass is 595 g/mol. The molecule has 0 saturated heterocycles. The van der Waals surface area contributed by atoms with Crippen molar-refractivity contribution >= 4 is 22.2 Å². The number of nitrogens with one attached hydrogen (secondary N) is 2. The molecule has 1 spiro atoms. The molecule has 3 heterocycles. The Morgan fingerprint density at radius 2 is 1.67 bits per heavy atom. The molecule has 3 N–H and O–H groups in total. The minimum absolute atomic E-state index is 0.115. The van der Waals surface area contributed by atoms with E-state index in [1.807, 2.05) is 0 Å². The summed E-state index contributed by atoms with van der Waals surface area (Å²) in [6.45, 7) is 0. The second kappa shape index (κ2) is 9.52. The van der Waals surface area contributed by atoms with Gasteiger partial charge in [0.2, 0.25) is 0 Å². The fourth-order valence-corrected chi connectivity index (χ4v) is 6.51. The van der Waals surface area contributed by atoms with E-state index in [0.717, 1.165) is 6.20 Å². The van der Waals surface area contributed by atoms with Gasteiger partial charge in [-0.05, 0) is 55.2 Å². The summed E-state index contributed by atoms with van der Waals surface area (Å²) in [4.78, 5) is 29.7. The number of carbonyl (C=O) groups excluding carboxylic acids is 1. The number of hydroxylamine groups is 1. The molecule has 15 heteroatoms. The van der Waals surface area contributed by atoms with E-state index >= 15 is 0 Å². The zero-order valence-corrected chi connectivity index (χ0v) is 21.5. The SMILES string of the molecule is O=C(NOC(C1CC2(CC(c3n[nH]c(=O)c4ccccc34)C2)C1)C(O)(C(F)(F)F)C(F)(F)F)c1cnn2ccccc12. The maximum atomic E-state index is 13.9. The van der Waals surface area contributed by atoms with Crippen LogP contribution in [0.2, 0.25) is 0 Å². The number of H-pyrrole nitrogens is 1. The summed E-state index contributed by atoms with van der Waals surface area (Å²) in [6, 6.07) is 11.4. The molecule has 2 aliphatic rings. The van der Waals surface area contributed by atoms with E-state index in [0.29, 0.717) is 29.3 Å². The lowest BCUT2D eigenvalue weighted by atomic mass is 9.46. The number of aromatic amines is 1. The van der Waals surface area contributed by atoms with E-state index in [4.69, 9.17) is 4.84 Å². The normalized spacial score (nSPS) is 23.5. The third-order valence-corrected chi connectivity index (χ3v) is 8.52. The highest BCUT2D eigenvalue weighted by molar-refractivity contribution is 6.00. The highest BCUT2D eigenvalue weighted by atomic mass is 19.4. The lowest BCUT2D eigenvalue weighted by Gasteiger charge is -2.60. The molecule has 6 rings (SSSR count). The predicted molar refractivity (Wildman–Crippen MR) is 134 cm³/mol. The van der Waals surface area contributed by atoms with E-state index in [-0.39, 0.29) is 35.4 Å². The summed E-state index contributed by atoms with van der Waals surface area (Å²) < 4.78 is 84.8. The second-order valence-corrected chi connectivity index (χ2v) is 11.1. The van der Waals surface area contributed by atoms with E-state index < -0.39 is 41.3 Å². The van der Waals surface area contributed by atoms with Crippen LogP contribution in [0, 0.1) is 11.3 Å². The molecule has 1 unspecified atom stereocenters. The van der Waals surface area contributed by atoms with Gasteiger partial charge in [0.15, 0.2) is 0 Å². The van der Waals surface area contributed by atoms with Crippen molar-refractivity contribution in [3.63, 3.8) is 0 Å². The van der Waals surface area contributed by atoms with Gasteiger partial charge in [-0.1, -0.05) is 24.3 Å². The number of halogens is 6. The van der Waals surface area contributed by atoms with Gasteiger partial charge in [0.25, 0.3) is 17.1 Å². The number of aliphatic hydroxyl groups is 1. The fraction of sp³-hybridized carbons (Fsp3) is 0.407. The molecule has 3 aromatic heterocycles. The molecule has 2 fully saturated rings. The Balaban J connectivity index is 1.22. The van der Waals surface area contributed by atoms with Crippen molar-refractivity contribution < 1.29 is 41.1 Å². The highest BCUT2D eigenvalue weighted by Gasteiger charge is 2.77. The molecular weight excluding hydrogens is 572 g/mol. The van der Waals surface area contributed by atoms with Gasteiger partial charge in [0.1, 0.15) is 6.10 Å². The molecule has 1 atom stereocenters. The molecule has 42 heavy (non-hydrogen) atoms. The van der Waals surface area contributed by atoms with Crippen molar-refractivity contribution in [2.24, 2.45) is 11.3 Å². The largest absolute Gasteiger partial charge is 0.429 e. The minimum Gasteiger partial charge on any atom is -0.372 e. The van der Waals surface area contributed by atoms with Gasteiger partial charge < -0.3 is 5.11 Å². The number of nitrogens with zero attached hydrogens (tertiary/aromatic N) is 3. The zero-order valence-electron chi connectivity index (χ0n) is 21.5. The minimum atomic E-state index is -6.16. The van der Waals surface area contributed by atoms with Crippen molar-refractivity contribution in [2.45, 2.75) is 55.7 Å². The van der Waals surface area contributed by atoms with Gasteiger partial charge in [0, 0.05) is 17.5 Å². The Labute approximate surface area is 232 Å². The van der Waals surface area contributed by atoms with Crippen LogP contribution in [0.4, 0.5) is 26.3 Å². The number of alkyl halides is 6. The summed E-state index contributed by atoms with van der Waals surface area (Å²) in [6.07, 6.45) is -12.0. The van der Waals surface area contributed by atoms with Crippen molar-refractivity contribution in [1.29, 1.82) is 0 Å². The smallest absolute Gasteiger partial charge is 0.372 e. The Bertz CT molecular complexity index is 1700. The van der Waals surface area contributed by atoms with Crippen LogP contribution >= 0.6 is 0 Å². The van der Waals surface area contributed by atoms with Gasteiger partial charge in [0.05, 0.1) is 28.4 Å². The molecule has 0 bridgehead atoms. The summed E-state index contributed by atoms with van der Waals surface area (Å²) in [5.74, 6) is -2.68. The molecule has 4 aromatic rings. The van der Waals surface area contributed by atoms with Gasteiger partial charge >= 0.3 is 12.4 Å². The summed E-state index contributed by atoms with van der Waals surface area (Å²) in [5.41, 5.74) is -3.84. The third kappa shape index (κ3) is 4.33. The summed E-state index contributed by atoms with van der Waals surface area (Å²) in [5, 5.41) is 21.8. The Morgan fingerprint density at radius 3 is 2.33 bits per heavy atom. The number of aromatic nitrogens is 4. The molecule has 9 nitrogen and oxygen atoms in total. The van der Waals surface area contributed by atoms with E-state index in [2.05, 4.69) is 15.3 Å². The van der Waals surface area contributed by atoms with Gasteiger partial charge in [-0.2, -0.15) is 36.5 Å². The first-order valence-electron chi connectivity index (χ1n) is 13.0. The number of hydrogen-bond acceptors (Lipinski definition) is 6. The van der Waals surface area contributed by atoms with Gasteiger partial charge in [-0.3, -0.25) is 14.4 Å². The maximum absolute atomic E-state index is 13.9. The standard InChI is InChI=1S/C27H23F6N5O4/c28-26(29,30)25(41,27(31,32)33)21(42-37-23(40)18-13-34-38-8-4-3-7-19(18)38)15-11-24(12-15)9-14(10-24)20-16-5-1-2-6-17(16)22(39)36-35-20/h1-8,13-15,21,41H,9-12H2,(H,36,39)(H,37,40). The Morgan fingerprint density at radius 1 is 1.02 bits per heavy atom. The lowest BCUT2D eigenvalue weighted by Crippen LogP contribution is -2.69. The average Bonchev–Trinajstić information content (AvgIpc) is 3.32. The quantitative estimate of drug-likeness (QED) is 0.224. The van der Waals surface area contributed by atoms with Gasteiger partial charge in [-0.25, -0.2) is 15.1 Å². The van der Waals surface area contributed by atoms with Gasteiger partial charge in [-0.15, -0.1) is 0 Å². The van der Waals surface area contributed by atoms with E-state index in [9.17, 15) is 41.0 Å². The van der Waals surface area contributed by atoms with Crippen LogP contribution in [0.15, 0.2) is 59.7 Å². The van der Waals surface area contributed by atoms with Crippen molar-refractivity contribution in [2.75, 3.05) is 0 Å². The fourth-order valence-electron chi connectivity index (χ4n) is 6.51. The second-order valence-electron chi connectivity index (χ2n) is 11.1. The maximum Gasteiger partial charge on any atom is 0.429 e. The number of pyridine rings is 1. The molecule has 1 amide bonds. The first-order chi connectivity index (χ1) is 19.7. The topological polar surface area (TPSA) is 122 Å². The van der Waals surface area contributed by atoms with Crippen LogP contribution in [-0.2, 0) is 4.84 Å². The van der Waals surface area contributed by atoms with Crippen molar-refractivity contribution in [1.82, 2.24) is 25.3 Å². The van der Waals surface area contributed by atoms with Crippen LogP contribution in [0.25, 0.3) is 16.3 Å². The molecule has 2 saturated carbocycles.